The van der Waals surface area contributed by atoms with Crippen LogP contribution in [0.25, 0.3) is 0 Å². The molecule has 0 bridgehead atoms. The zero-order chi connectivity index (χ0) is 15.7. The number of hydrogen-bond acceptors (Lipinski definition) is 3. The van der Waals surface area contributed by atoms with Gasteiger partial charge in [-0.05, 0) is 25.5 Å². The third-order valence-corrected chi connectivity index (χ3v) is 3.00. The molecule has 0 aliphatic carbocycles. The molecule has 0 fully saturated rings. The summed E-state index contributed by atoms with van der Waals surface area (Å²) in [5, 5.41) is 8.82. The van der Waals surface area contributed by atoms with E-state index in [1.54, 1.807) is 0 Å². The molecule has 0 saturated carbocycles. The van der Waals surface area contributed by atoms with Crippen LogP contribution in [0.3, 0.4) is 0 Å². The lowest BCUT2D eigenvalue weighted by Gasteiger charge is -2.22. The summed E-state index contributed by atoms with van der Waals surface area (Å²) >= 11 is 0. The molecule has 5 nitrogen and oxygen atoms in total. The highest BCUT2D eigenvalue weighted by molar-refractivity contribution is 5.93. The Kier molecular flexibility index (Phi) is 7.46. The van der Waals surface area contributed by atoms with Crippen molar-refractivity contribution >= 4 is 17.6 Å². The average Bonchev–Trinajstić information content (AvgIpc) is 2.45. The van der Waals surface area contributed by atoms with Crippen molar-refractivity contribution in [3.63, 3.8) is 0 Å². The van der Waals surface area contributed by atoms with E-state index in [0.29, 0.717) is 13.2 Å². The number of carbonyl (C=O) groups is 2. The van der Waals surface area contributed by atoms with Gasteiger partial charge in [-0.15, -0.1) is 0 Å². The average molecular weight is 293 g/mol. The zero-order valence-electron chi connectivity index (χ0n) is 12.7. The van der Waals surface area contributed by atoms with Gasteiger partial charge in [0.2, 0.25) is 5.91 Å². The van der Waals surface area contributed by atoms with Gasteiger partial charge in [-0.1, -0.05) is 24.6 Å². The van der Waals surface area contributed by atoms with Crippen LogP contribution in [-0.2, 0) is 14.3 Å². The summed E-state index contributed by atoms with van der Waals surface area (Å²) in [7, 11) is 0. The van der Waals surface area contributed by atoms with Gasteiger partial charge in [0.1, 0.15) is 0 Å². The van der Waals surface area contributed by atoms with Crippen LogP contribution in [0.5, 0.6) is 0 Å². The van der Waals surface area contributed by atoms with Crippen molar-refractivity contribution in [1.29, 1.82) is 0 Å². The summed E-state index contributed by atoms with van der Waals surface area (Å²) in [5.74, 6) is -1.03. The summed E-state index contributed by atoms with van der Waals surface area (Å²) in [4.78, 5) is 24.5. The molecule has 0 aliphatic heterocycles. The van der Waals surface area contributed by atoms with Crippen molar-refractivity contribution in [2.45, 2.75) is 33.1 Å². The number of aryl methyl sites for hydroxylation is 1. The van der Waals surface area contributed by atoms with Crippen LogP contribution in [-0.4, -0.2) is 36.7 Å². The smallest absolute Gasteiger partial charge is 0.305 e. The summed E-state index contributed by atoms with van der Waals surface area (Å²) in [6.45, 7) is 5.14. The second kappa shape index (κ2) is 9.13. The fourth-order valence-electron chi connectivity index (χ4n) is 1.87. The number of carboxylic acid groups (broad SMARTS) is 1. The minimum atomic E-state index is -0.915. The zero-order valence-corrected chi connectivity index (χ0v) is 12.7. The molecule has 1 aromatic rings. The highest BCUT2D eigenvalue weighted by Crippen LogP contribution is 2.16. The molecule has 21 heavy (non-hydrogen) atoms. The Bertz CT molecular complexity index is 456. The second-order valence-electron chi connectivity index (χ2n) is 4.89. The van der Waals surface area contributed by atoms with Gasteiger partial charge >= 0.3 is 5.97 Å². The SMILES string of the molecule is CCCOCCC(=O)N(CCC(=O)O)c1ccc(C)cc1. The number of ether oxygens (including phenoxy) is 1. The molecule has 0 unspecified atom stereocenters. The minimum Gasteiger partial charge on any atom is -0.481 e. The predicted molar refractivity (Wildman–Crippen MR) is 81.5 cm³/mol. The molecule has 0 spiro atoms. The first-order chi connectivity index (χ1) is 10.0. The third kappa shape index (κ3) is 6.40. The highest BCUT2D eigenvalue weighted by Gasteiger charge is 2.16. The molecular weight excluding hydrogens is 270 g/mol. The van der Waals surface area contributed by atoms with Crippen LogP contribution >= 0.6 is 0 Å². The van der Waals surface area contributed by atoms with Gasteiger partial charge in [0.05, 0.1) is 19.4 Å². The van der Waals surface area contributed by atoms with Crippen molar-refractivity contribution in [3.05, 3.63) is 29.8 Å². The van der Waals surface area contributed by atoms with Gasteiger partial charge in [-0.25, -0.2) is 0 Å². The molecule has 0 atom stereocenters. The number of benzene rings is 1. The number of nitrogens with zero attached hydrogens (tertiary/aromatic N) is 1. The fourth-order valence-corrected chi connectivity index (χ4v) is 1.87. The summed E-state index contributed by atoms with van der Waals surface area (Å²) in [5.41, 5.74) is 1.82. The lowest BCUT2D eigenvalue weighted by atomic mass is 10.2. The van der Waals surface area contributed by atoms with Gasteiger partial charge < -0.3 is 14.7 Å². The number of hydrogen-bond donors (Lipinski definition) is 1. The first-order valence-corrected chi connectivity index (χ1v) is 7.21. The molecule has 1 amide bonds. The standard InChI is InChI=1S/C16H23NO4/c1-3-11-21-12-9-15(18)17(10-8-16(19)20)14-6-4-13(2)5-7-14/h4-7H,3,8-12H2,1-2H3,(H,19,20). The van der Waals surface area contributed by atoms with Crippen LogP contribution in [0.4, 0.5) is 5.69 Å². The first kappa shape index (κ1) is 17.2. The fraction of sp³-hybridized carbons (Fsp3) is 0.500. The Balaban J connectivity index is 2.69. The number of anilines is 1. The van der Waals surface area contributed by atoms with Crippen LogP contribution in [0.2, 0.25) is 0 Å². The summed E-state index contributed by atoms with van der Waals surface area (Å²) in [6.07, 6.45) is 1.10. The van der Waals surface area contributed by atoms with Gasteiger partial charge in [-0.3, -0.25) is 9.59 Å². The highest BCUT2D eigenvalue weighted by atomic mass is 16.5. The molecular formula is C16H23NO4. The largest absolute Gasteiger partial charge is 0.481 e. The molecule has 1 aromatic carbocycles. The second-order valence-corrected chi connectivity index (χ2v) is 4.89. The maximum atomic E-state index is 12.3. The Morgan fingerprint density at radius 1 is 1.14 bits per heavy atom. The van der Waals surface area contributed by atoms with Gasteiger partial charge in [0, 0.05) is 18.8 Å². The number of amides is 1. The van der Waals surface area contributed by atoms with Crippen molar-refractivity contribution in [2.75, 3.05) is 24.7 Å². The normalized spacial score (nSPS) is 10.4. The summed E-state index contributed by atoms with van der Waals surface area (Å²) < 4.78 is 5.32. The Morgan fingerprint density at radius 2 is 1.81 bits per heavy atom. The minimum absolute atomic E-state index is 0.0740. The van der Waals surface area contributed by atoms with Crippen molar-refractivity contribution in [3.8, 4) is 0 Å². The summed E-state index contributed by atoms with van der Waals surface area (Å²) in [6, 6.07) is 7.48. The monoisotopic (exact) mass is 293 g/mol. The van der Waals surface area contributed by atoms with Crippen LogP contribution in [0.1, 0.15) is 31.7 Å². The van der Waals surface area contributed by atoms with E-state index >= 15 is 0 Å². The third-order valence-electron chi connectivity index (χ3n) is 3.00. The van der Waals surface area contributed by atoms with E-state index in [2.05, 4.69) is 0 Å². The lowest BCUT2D eigenvalue weighted by molar-refractivity contribution is -0.136. The van der Waals surface area contributed by atoms with E-state index < -0.39 is 5.97 Å². The Hall–Kier alpha value is -1.88. The van der Waals surface area contributed by atoms with E-state index in [1.807, 2.05) is 38.1 Å². The van der Waals surface area contributed by atoms with E-state index in [0.717, 1.165) is 17.7 Å². The molecule has 1 N–H and O–H groups in total. The predicted octanol–water partition coefficient (Wildman–Crippen LogP) is 2.62. The van der Waals surface area contributed by atoms with Gasteiger partial charge in [0.15, 0.2) is 0 Å². The van der Waals surface area contributed by atoms with Crippen LogP contribution in [0.15, 0.2) is 24.3 Å². The molecule has 0 aromatic heterocycles. The maximum absolute atomic E-state index is 12.3. The van der Waals surface area contributed by atoms with Gasteiger partial charge in [-0.2, -0.15) is 0 Å². The van der Waals surface area contributed by atoms with Crippen LogP contribution < -0.4 is 4.90 Å². The lowest BCUT2D eigenvalue weighted by Crippen LogP contribution is -2.33. The van der Waals surface area contributed by atoms with E-state index in [-0.39, 0.29) is 25.3 Å². The van der Waals surface area contributed by atoms with Crippen molar-refractivity contribution < 1.29 is 19.4 Å². The number of aliphatic carboxylic acids is 1. The van der Waals surface area contributed by atoms with E-state index in [9.17, 15) is 9.59 Å². The molecule has 1 rings (SSSR count). The molecule has 0 heterocycles. The number of rotatable bonds is 9. The van der Waals surface area contributed by atoms with Crippen LogP contribution in [0, 0.1) is 6.92 Å². The number of carboxylic acids is 1. The quantitative estimate of drug-likeness (QED) is 0.711. The van der Waals surface area contributed by atoms with Gasteiger partial charge in [0.25, 0.3) is 0 Å². The van der Waals surface area contributed by atoms with E-state index in [4.69, 9.17) is 9.84 Å². The Morgan fingerprint density at radius 3 is 2.38 bits per heavy atom. The maximum Gasteiger partial charge on any atom is 0.305 e. The van der Waals surface area contributed by atoms with Crippen molar-refractivity contribution in [2.24, 2.45) is 0 Å². The van der Waals surface area contributed by atoms with E-state index in [1.165, 1.54) is 4.90 Å². The molecule has 0 saturated heterocycles. The molecule has 116 valence electrons. The first-order valence-electron chi connectivity index (χ1n) is 7.21. The Labute approximate surface area is 125 Å². The van der Waals surface area contributed by atoms with Crippen molar-refractivity contribution in [1.82, 2.24) is 0 Å². The number of carbonyl (C=O) groups excluding carboxylic acids is 1. The molecule has 0 radical (unpaired) electrons. The topological polar surface area (TPSA) is 66.8 Å². The molecule has 0 aliphatic rings. The molecule has 5 heteroatoms.